The molecular weight excluding hydrogens is 1130 g/mol. The molecule has 1 aliphatic heterocycles. The molecule has 0 N–H and O–H groups in total. The minimum Gasteiger partial charge on any atom is -0.493 e. The van der Waals surface area contributed by atoms with Crippen molar-refractivity contribution in [2.45, 2.75) is 266 Å². The molecule has 3 heterocycles. The van der Waals surface area contributed by atoms with Gasteiger partial charge in [-0.1, -0.05) is 203 Å². The fourth-order valence-corrected chi connectivity index (χ4v) is 11.6. The maximum Gasteiger partial charge on any atom is 0.167 e. The molecule has 11 heteroatoms. The number of aryl methyl sites for hydroxylation is 4. The van der Waals surface area contributed by atoms with Crippen molar-refractivity contribution in [3.8, 4) is 57.1 Å². The highest BCUT2D eigenvalue weighted by Gasteiger charge is 2.43. The fraction of sp³-hybridized carbons (Fsp3) is 0.593. The summed E-state index contributed by atoms with van der Waals surface area (Å²) >= 11 is 0. The van der Waals surface area contributed by atoms with Crippen LogP contribution in [0.3, 0.4) is 0 Å². The monoisotopic (exact) mass is 1260 g/mol. The molecule has 0 aliphatic carbocycles. The van der Waals surface area contributed by atoms with Crippen LogP contribution in [0.2, 0.25) is 0 Å². The van der Waals surface area contributed by atoms with Gasteiger partial charge in [-0.25, -0.2) is 15.0 Å². The van der Waals surface area contributed by atoms with Gasteiger partial charge < -0.3 is 18.9 Å². The standard InChI is InChI=1S/C40H53N3O2.C23H31N3O.C16H33NO.2CH4/c1-9-10-11-12-13-14-23-44-32-18-21-35(36(27-32)45-24-15-22-40(6,7)8)39-42-37(33-19-16-28(2)25-30(33)4)41-38(43-39)34-20-17-29(3)26-31(34)5;1-22(2,3)14-9-15-27-21-13-12-17(23(4,5)6)16-20(21)26-24-18-10-7-8-11-19(18)25-26;1-14(2,3)9-10-18-13-11-15(4,5)17(8)16(6,7)12-13;;/h16-21,25-27H,9-15,22-24H2,1-8H3;7-8,10-13,16H,9,14-15H2,1-6H3;13H,9-12H2,1-8H3;2*1H4. The SMILES string of the molecule is C.C.CC(C)(C)CCCOc1ccc(C(C)(C)C)cc1-n1nc2ccccc2n1.CCCCCCCCOc1ccc(-c2nc(-c3ccc(C)cc3C)nc(-c3ccc(C)cc3C)n2)c(OCCCC(C)(C)C)c1.CN1C(C)(C)CC(OCCC(C)(C)C)CC1(C)C. The molecule has 92 heavy (non-hydrogen) atoms. The minimum atomic E-state index is 0. The highest BCUT2D eigenvalue weighted by Crippen LogP contribution is 2.40. The number of ether oxygens (including phenoxy) is 4. The Balaban J connectivity index is 0.000000325. The molecule has 508 valence electrons. The van der Waals surface area contributed by atoms with Gasteiger partial charge in [0.15, 0.2) is 17.5 Å². The second-order valence-electron chi connectivity index (χ2n) is 31.5. The van der Waals surface area contributed by atoms with E-state index in [1.165, 1.54) is 48.8 Å². The molecule has 0 spiro atoms. The van der Waals surface area contributed by atoms with Crippen LogP contribution in [-0.2, 0) is 10.2 Å². The Morgan fingerprint density at radius 1 is 0.478 bits per heavy atom. The normalized spacial score (nSPS) is 14.3. The summed E-state index contributed by atoms with van der Waals surface area (Å²) in [6.45, 7) is 50.0. The number of piperidine rings is 1. The second kappa shape index (κ2) is 34.3. The molecule has 0 unspecified atom stereocenters. The van der Waals surface area contributed by atoms with Gasteiger partial charge in [0, 0.05) is 34.9 Å². The smallest absolute Gasteiger partial charge is 0.167 e. The van der Waals surface area contributed by atoms with Crippen molar-refractivity contribution in [1.29, 1.82) is 0 Å². The first-order valence-electron chi connectivity index (χ1n) is 33.9. The zero-order valence-electron chi connectivity index (χ0n) is 60.1. The second-order valence-corrected chi connectivity index (χ2v) is 31.5. The van der Waals surface area contributed by atoms with Crippen LogP contribution in [0.1, 0.15) is 244 Å². The van der Waals surface area contributed by atoms with Crippen LogP contribution in [-0.4, -0.2) is 85.5 Å². The van der Waals surface area contributed by atoms with Crippen molar-refractivity contribution < 1.29 is 18.9 Å². The molecule has 8 rings (SSSR count). The summed E-state index contributed by atoms with van der Waals surface area (Å²) in [5.74, 6) is 4.31. The van der Waals surface area contributed by atoms with E-state index in [4.69, 9.17) is 33.9 Å². The Kier molecular flexibility index (Phi) is 29.2. The average molecular weight is 1260 g/mol. The first-order valence-corrected chi connectivity index (χ1v) is 33.9. The van der Waals surface area contributed by atoms with E-state index in [1.54, 1.807) is 4.80 Å². The molecule has 1 saturated heterocycles. The van der Waals surface area contributed by atoms with E-state index in [0.717, 1.165) is 120 Å². The number of rotatable bonds is 23. The summed E-state index contributed by atoms with van der Waals surface area (Å²) < 4.78 is 25.0. The van der Waals surface area contributed by atoms with E-state index in [2.05, 4.69) is 222 Å². The third kappa shape index (κ3) is 24.6. The Labute approximate surface area is 560 Å². The molecule has 1 fully saturated rings. The zero-order chi connectivity index (χ0) is 66.2. The maximum absolute atomic E-state index is 6.49. The van der Waals surface area contributed by atoms with E-state index in [-0.39, 0.29) is 36.8 Å². The molecule has 0 amide bonds. The summed E-state index contributed by atoms with van der Waals surface area (Å²) in [6, 6.07) is 33.2. The van der Waals surface area contributed by atoms with E-state index < -0.39 is 0 Å². The molecule has 7 aromatic rings. The minimum absolute atomic E-state index is 0. The molecule has 0 atom stereocenters. The third-order valence-corrected chi connectivity index (χ3v) is 17.3. The zero-order valence-corrected chi connectivity index (χ0v) is 60.1. The highest BCUT2D eigenvalue weighted by atomic mass is 16.5. The van der Waals surface area contributed by atoms with Gasteiger partial charge in [0.25, 0.3) is 0 Å². The lowest BCUT2D eigenvalue weighted by Crippen LogP contribution is -2.60. The number of likely N-dealkylation sites (tertiary alicyclic amines) is 1. The number of unbranched alkanes of at least 4 members (excludes halogenated alkanes) is 5. The molecule has 0 saturated carbocycles. The van der Waals surface area contributed by atoms with Crippen molar-refractivity contribution in [3.63, 3.8) is 0 Å². The molecule has 0 radical (unpaired) electrons. The van der Waals surface area contributed by atoms with Gasteiger partial charge in [-0.3, -0.25) is 4.90 Å². The first-order chi connectivity index (χ1) is 42.1. The number of hydrogen-bond donors (Lipinski definition) is 0. The van der Waals surface area contributed by atoms with Crippen LogP contribution in [0.4, 0.5) is 0 Å². The van der Waals surface area contributed by atoms with Crippen molar-refractivity contribution >= 4 is 11.0 Å². The average Bonchev–Trinajstić information content (AvgIpc) is 0.888. The van der Waals surface area contributed by atoms with Crippen LogP contribution in [0.15, 0.2) is 97.1 Å². The van der Waals surface area contributed by atoms with E-state index in [0.29, 0.717) is 54.2 Å². The van der Waals surface area contributed by atoms with Gasteiger partial charge in [-0.15, -0.1) is 15.0 Å². The van der Waals surface area contributed by atoms with Gasteiger partial charge in [0.1, 0.15) is 34.0 Å². The van der Waals surface area contributed by atoms with Crippen LogP contribution >= 0.6 is 0 Å². The van der Waals surface area contributed by atoms with Crippen LogP contribution in [0.5, 0.6) is 17.2 Å². The van der Waals surface area contributed by atoms with Gasteiger partial charge in [0.05, 0.1) is 31.5 Å². The Hall–Kier alpha value is -6.17. The number of nitrogens with zero attached hydrogens (tertiary/aromatic N) is 7. The van der Waals surface area contributed by atoms with E-state index >= 15 is 0 Å². The number of benzene rings is 5. The maximum atomic E-state index is 6.49. The summed E-state index contributed by atoms with van der Waals surface area (Å²) in [5.41, 5.74) is 12.9. The van der Waals surface area contributed by atoms with E-state index in [1.807, 2.05) is 42.5 Å². The lowest BCUT2D eigenvalue weighted by molar-refractivity contribution is -0.0943. The lowest BCUT2D eigenvalue weighted by Gasteiger charge is -2.53. The highest BCUT2D eigenvalue weighted by molar-refractivity contribution is 5.74. The summed E-state index contributed by atoms with van der Waals surface area (Å²) in [4.78, 5) is 19.4. The molecule has 11 nitrogen and oxygen atoms in total. The van der Waals surface area contributed by atoms with Crippen LogP contribution in [0.25, 0.3) is 50.9 Å². The van der Waals surface area contributed by atoms with Crippen LogP contribution in [0, 0.1) is 43.9 Å². The number of aromatic nitrogens is 6. The largest absolute Gasteiger partial charge is 0.493 e. The fourth-order valence-electron chi connectivity index (χ4n) is 11.6. The Bertz CT molecular complexity index is 3250. The van der Waals surface area contributed by atoms with Crippen LogP contribution < -0.4 is 14.2 Å². The third-order valence-electron chi connectivity index (χ3n) is 17.3. The van der Waals surface area contributed by atoms with Gasteiger partial charge in [0.2, 0.25) is 0 Å². The molecular formula is C81H125N7O4. The quantitative estimate of drug-likeness (QED) is 0.0574. The lowest BCUT2D eigenvalue weighted by atomic mass is 9.78. The van der Waals surface area contributed by atoms with Gasteiger partial charge in [-0.2, -0.15) is 0 Å². The Morgan fingerprint density at radius 2 is 0.935 bits per heavy atom. The molecule has 2 aromatic heterocycles. The van der Waals surface area contributed by atoms with Crippen molar-refractivity contribution in [1.82, 2.24) is 34.8 Å². The summed E-state index contributed by atoms with van der Waals surface area (Å²) in [6.07, 6.45) is 15.4. The predicted molar refractivity (Wildman–Crippen MR) is 392 cm³/mol. The molecule has 0 bridgehead atoms. The van der Waals surface area contributed by atoms with Gasteiger partial charge in [-0.05, 0) is 189 Å². The number of hydrogen-bond acceptors (Lipinski definition) is 10. The van der Waals surface area contributed by atoms with Crippen molar-refractivity contribution in [2.24, 2.45) is 16.2 Å². The van der Waals surface area contributed by atoms with Gasteiger partial charge >= 0.3 is 0 Å². The van der Waals surface area contributed by atoms with Crippen molar-refractivity contribution in [3.05, 3.63) is 125 Å². The summed E-state index contributed by atoms with van der Waals surface area (Å²) in [5, 5.41) is 9.32. The Morgan fingerprint density at radius 3 is 1.41 bits per heavy atom. The van der Waals surface area contributed by atoms with Crippen molar-refractivity contribution in [2.75, 3.05) is 33.5 Å². The molecule has 5 aromatic carbocycles. The molecule has 1 aliphatic rings. The summed E-state index contributed by atoms with van der Waals surface area (Å²) in [7, 11) is 2.24. The van der Waals surface area contributed by atoms with E-state index in [9.17, 15) is 0 Å². The predicted octanol–water partition coefficient (Wildman–Crippen LogP) is 22.3. The number of fused-ring (bicyclic) bond motifs is 1. The topological polar surface area (TPSA) is 110 Å². The first kappa shape index (κ1) is 78.3.